The topological polar surface area (TPSA) is 38.3 Å². The van der Waals surface area contributed by atoms with E-state index >= 15 is 0 Å². The molecule has 0 radical (unpaired) electrons. The highest BCUT2D eigenvalue weighted by molar-refractivity contribution is 7.84. The van der Waals surface area contributed by atoms with Crippen molar-refractivity contribution in [1.82, 2.24) is 5.32 Å². The number of methoxy groups -OCH3 is 1. The summed E-state index contributed by atoms with van der Waals surface area (Å²) in [5.41, 5.74) is 2.26. The summed E-state index contributed by atoms with van der Waals surface area (Å²) in [5, 5.41) is 3.40. The predicted molar refractivity (Wildman–Crippen MR) is 91.3 cm³/mol. The minimum atomic E-state index is -0.829. The van der Waals surface area contributed by atoms with Gasteiger partial charge in [0.2, 0.25) is 0 Å². The van der Waals surface area contributed by atoms with Gasteiger partial charge in [0.1, 0.15) is 5.75 Å². The lowest BCUT2D eigenvalue weighted by molar-refractivity contribution is 0.410. The standard InChI is InChI=1S/C17H29NO2S/c1-6-18-14(4)15-7-8-17(20-5)16(11-15)12-21(19)10-9-13(2)3/h7-8,11,13-14,18H,6,9-10,12H2,1-5H3. The molecule has 0 aliphatic rings. The molecule has 0 amide bonds. The highest BCUT2D eigenvalue weighted by Gasteiger charge is 2.12. The molecular formula is C17H29NO2S. The second kappa shape index (κ2) is 9.21. The van der Waals surface area contributed by atoms with Gasteiger partial charge in [0.25, 0.3) is 0 Å². The van der Waals surface area contributed by atoms with E-state index in [0.29, 0.717) is 17.7 Å². The van der Waals surface area contributed by atoms with Crippen LogP contribution in [0.1, 0.15) is 51.3 Å². The Labute approximate surface area is 131 Å². The summed E-state index contributed by atoms with van der Waals surface area (Å²) in [7, 11) is 0.841. The van der Waals surface area contributed by atoms with Crippen LogP contribution in [0, 0.1) is 5.92 Å². The lowest BCUT2D eigenvalue weighted by atomic mass is 10.0. The van der Waals surface area contributed by atoms with E-state index in [-0.39, 0.29) is 0 Å². The fourth-order valence-electron chi connectivity index (χ4n) is 2.22. The molecule has 4 heteroatoms. The zero-order chi connectivity index (χ0) is 15.8. The molecule has 2 unspecified atom stereocenters. The second-order valence-electron chi connectivity index (χ2n) is 5.82. The maximum absolute atomic E-state index is 12.2. The molecule has 0 saturated heterocycles. The van der Waals surface area contributed by atoms with Gasteiger partial charge in [0.05, 0.1) is 12.9 Å². The Bertz CT molecular complexity index is 460. The summed E-state index contributed by atoms with van der Waals surface area (Å²) in [5.74, 6) is 2.76. The first-order valence-electron chi connectivity index (χ1n) is 7.73. The number of rotatable bonds is 9. The van der Waals surface area contributed by atoms with Crippen molar-refractivity contribution in [3.8, 4) is 5.75 Å². The molecule has 2 atom stereocenters. The molecule has 0 aliphatic heterocycles. The van der Waals surface area contributed by atoms with E-state index in [1.165, 1.54) is 5.56 Å². The molecule has 0 aliphatic carbocycles. The molecule has 21 heavy (non-hydrogen) atoms. The average molecular weight is 311 g/mol. The van der Waals surface area contributed by atoms with E-state index in [9.17, 15) is 4.21 Å². The van der Waals surface area contributed by atoms with Crippen LogP contribution in [0.3, 0.4) is 0 Å². The molecule has 1 N–H and O–H groups in total. The third-order valence-corrected chi connectivity index (χ3v) is 4.88. The molecule has 1 rings (SSSR count). The number of benzene rings is 1. The summed E-state index contributed by atoms with van der Waals surface area (Å²) in [4.78, 5) is 0. The van der Waals surface area contributed by atoms with Crippen molar-refractivity contribution in [2.45, 2.75) is 45.9 Å². The molecule has 0 bridgehead atoms. The highest BCUT2D eigenvalue weighted by atomic mass is 32.2. The van der Waals surface area contributed by atoms with Crippen LogP contribution in [-0.4, -0.2) is 23.6 Å². The number of nitrogens with one attached hydrogen (secondary N) is 1. The number of ether oxygens (including phenoxy) is 1. The predicted octanol–water partition coefficient (Wildman–Crippen LogP) is 3.66. The molecule has 3 nitrogen and oxygen atoms in total. The van der Waals surface area contributed by atoms with Gasteiger partial charge < -0.3 is 10.1 Å². The zero-order valence-electron chi connectivity index (χ0n) is 13.9. The van der Waals surface area contributed by atoms with Crippen LogP contribution in [-0.2, 0) is 16.6 Å². The van der Waals surface area contributed by atoms with Crippen LogP contribution >= 0.6 is 0 Å². The van der Waals surface area contributed by atoms with Crippen molar-refractivity contribution in [2.75, 3.05) is 19.4 Å². The van der Waals surface area contributed by atoms with Gasteiger partial charge in [-0.3, -0.25) is 4.21 Å². The van der Waals surface area contributed by atoms with Crippen molar-refractivity contribution in [1.29, 1.82) is 0 Å². The monoisotopic (exact) mass is 311 g/mol. The van der Waals surface area contributed by atoms with Crippen molar-refractivity contribution in [2.24, 2.45) is 5.92 Å². The highest BCUT2D eigenvalue weighted by Crippen LogP contribution is 2.25. The molecule has 0 heterocycles. The van der Waals surface area contributed by atoms with E-state index in [1.807, 2.05) is 6.07 Å². The van der Waals surface area contributed by atoms with Crippen LogP contribution < -0.4 is 10.1 Å². The van der Waals surface area contributed by atoms with Crippen LogP contribution in [0.25, 0.3) is 0 Å². The van der Waals surface area contributed by atoms with E-state index in [4.69, 9.17) is 4.74 Å². The van der Waals surface area contributed by atoms with Gasteiger partial charge >= 0.3 is 0 Å². The van der Waals surface area contributed by atoms with Crippen molar-refractivity contribution in [3.05, 3.63) is 29.3 Å². The van der Waals surface area contributed by atoms with E-state index < -0.39 is 10.8 Å². The zero-order valence-corrected chi connectivity index (χ0v) is 14.8. The minimum Gasteiger partial charge on any atom is -0.496 e. The minimum absolute atomic E-state index is 0.295. The van der Waals surface area contributed by atoms with Gasteiger partial charge in [-0.05, 0) is 43.5 Å². The normalized spacial score (nSPS) is 14.2. The molecule has 120 valence electrons. The van der Waals surface area contributed by atoms with Gasteiger partial charge in [-0.1, -0.05) is 26.8 Å². The van der Waals surface area contributed by atoms with E-state index in [2.05, 4.69) is 45.1 Å². The van der Waals surface area contributed by atoms with Crippen LogP contribution in [0.4, 0.5) is 0 Å². The van der Waals surface area contributed by atoms with E-state index in [0.717, 1.165) is 30.0 Å². The van der Waals surface area contributed by atoms with Gasteiger partial charge in [-0.15, -0.1) is 0 Å². The second-order valence-corrected chi connectivity index (χ2v) is 7.40. The summed E-state index contributed by atoms with van der Waals surface area (Å²) < 4.78 is 17.6. The third kappa shape index (κ3) is 6.18. The smallest absolute Gasteiger partial charge is 0.123 e. The van der Waals surface area contributed by atoms with Crippen LogP contribution in [0.5, 0.6) is 5.75 Å². The first-order chi connectivity index (χ1) is 9.97. The van der Waals surface area contributed by atoms with Crippen molar-refractivity contribution < 1.29 is 8.95 Å². The van der Waals surface area contributed by atoms with Crippen molar-refractivity contribution in [3.63, 3.8) is 0 Å². The Kier molecular flexibility index (Phi) is 7.97. The largest absolute Gasteiger partial charge is 0.496 e. The summed E-state index contributed by atoms with van der Waals surface area (Å²) >= 11 is 0. The Morgan fingerprint density at radius 3 is 2.57 bits per heavy atom. The van der Waals surface area contributed by atoms with Gasteiger partial charge in [-0.2, -0.15) is 0 Å². The Hall–Kier alpha value is -0.870. The molecule has 1 aromatic carbocycles. The Morgan fingerprint density at radius 1 is 1.29 bits per heavy atom. The molecule has 0 saturated carbocycles. The summed E-state index contributed by atoms with van der Waals surface area (Å²) in [6.45, 7) is 9.50. The fourth-order valence-corrected chi connectivity index (χ4v) is 3.67. The fraction of sp³-hybridized carbons (Fsp3) is 0.647. The molecular weight excluding hydrogens is 282 g/mol. The number of hydrogen-bond acceptors (Lipinski definition) is 3. The summed E-state index contributed by atoms with van der Waals surface area (Å²) in [6.07, 6.45) is 1.00. The Morgan fingerprint density at radius 2 is 2.00 bits per heavy atom. The first kappa shape index (κ1) is 18.2. The van der Waals surface area contributed by atoms with Crippen LogP contribution in [0.2, 0.25) is 0 Å². The van der Waals surface area contributed by atoms with Gasteiger partial charge in [0.15, 0.2) is 0 Å². The van der Waals surface area contributed by atoms with Crippen LogP contribution in [0.15, 0.2) is 18.2 Å². The third-order valence-electron chi connectivity index (χ3n) is 3.55. The first-order valence-corrected chi connectivity index (χ1v) is 9.21. The molecule has 0 fully saturated rings. The molecule has 1 aromatic rings. The van der Waals surface area contributed by atoms with Gasteiger partial charge in [-0.25, -0.2) is 0 Å². The van der Waals surface area contributed by atoms with E-state index in [1.54, 1.807) is 7.11 Å². The SMILES string of the molecule is CCNC(C)c1ccc(OC)c(CS(=O)CCC(C)C)c1. The van der Waals surface area contributed by atoms with Crippen molar-refractivity contribution >= 4 is 10.8 Å². The summed E-state index contributed by atoms with van der Waals surface area (Å²) in [6, 6.07) is 6.48. The number of hydrogen-bond donors (Lipinski definition) is 1. The molecule has 0 spiro atoms. The maximum atomic E-state index is 12.2. The Balaban J connectivity index is 2.82. The molecule has 0 aromatic heterocycles. The van der Waals surface area contributed by atoms with Gasteiger partial charge in [0, 0.05) is 28.2 Å². The lowest BCUT2D eigenvalue weighted by Crippen LogP contribution is -2.18. The average Bonchev–Trinajstić information content (AvgIpc) is 2.45. The quantitative estimate of drug-likeness (QED) is 0.756. The maximum Gasteiger partial charge on any atom is 0.123 e. The lowest BCUT2D eigenvalue weighted by Gasteiger charge is -2.16.